The molecule has 156 valence electrons. The van der Waals surface area contributed by atoms with Gasteiger partial charge in [0.2, 0.25) is 0 Å². The van der Waals surface area contributed by atoms with E-state index in [4.69, 9.17) is 17.3 Å². The highest BCUT2D eigenvalue weighted by Crippen LogP contribution is 2.31. The lowest BCUT2D eigenvalue weighted by Gasteiger charge is -2.27. The molecule has 2 aromatic heterocycles. The van der Waals surface area contributed by atoms with E-state index in [1.807, 2.05) is 24.3 Å². The Morgan fingerprint density at radius 1 is 1.03 bits per heavy atom. The Bertz CT molecular complexity index is 1000. The van der Waals surface area contributed by atoms with E-state index in [1.165, 1.54) is 6.07 Å². The third-order valence-electron chi connectivity index (χ3n) is 5.47. The number of nitrogens with one attached hydrogen (secondary N) is 2. The molecule has 0 bridgehead atoms. The highest BCUT2D eigenvalue weighted by Gasteiger charge is 2.19. The van der Waals surface area contributed by atoms with E-state index in [2.05, 4.69) is 20.6 Å². The van der Waals surface area contributed by atoms with Gasteiger partial charge in [-0.1, -0.05) is 29.8 Å². The molecule has 0 aliphatic heterocycles. The molecular weight excluding hydrogens is 401 g/mol. The third kappa shape index (κ3) is 5.07. The van der Waals surface area contributed by atoms with Crippen LogP contribution in [0.15, 0.2) is 54.9 Å². The SMILES string of the molecule is NC1CCC(Nc2cc(-c3ccnc(NCc4ccccc4F)c3)c(Cl)cn2)CC1. The number of halogens is 2. The quantitative estimate of drug-likeness (QED) is 0.504. The second-order valence-corrected chi connectivity index (χ2v) is 8.09. The summed E-state index contributed by atoms with van der Waals surface area (Å²) in [6.07, 6.45) is 7.52. The van der Waals surface area contributed by atoms with E-state index in [9.17, 15) is 4.39 Å². The van der Waals surface area contributed by atoms with Crippen molar-refractivity contribution in [2.24, 2.45) is 5.73 Å². The summed E-state index contributed by atoms with van der Waals surface area (Å²) < 4.78 is 13.8. The molecule has 0 unspecified atom stereocenters. The fourth-order valence-electron chi connectivity index (χ4n) is 3.73. The molecule has 0 amide bonds. The molecule has 2 heterocycles. The first-order chi connectivity index (χ1) is 14.6. The molecule has 0 spiro atoms. The number of nitrogens with zero attached hydrogens (tertiary/aromatic N) is 2. The zero-order valence-electron chi connectivity index (χ0n) is 16.6. The van der Waals surface area contributed by atoms with Gasteiger partial charge in [-0.2, -0.15) is 0 Å². The lowest BCUT2D eigenvalue weighted by molar-refractivity contribution is 0.410. The van der Waals surface area contributed by atoms with Crippen LogP contribution in [0.1, 0.15) is 31.2 Å². The molecule has 30 heavy (non-hydrogen) atoms. The van der Waals surface area contributed by atoms with Gasteiger partial charge in [-0.05, 0) is 55.5 Å². The van der Waals surface area contributed by atoms with Gasteiger partial charge in [0.1, 0.15) is 17.5 Å². The summed E-state index contributed by atoms with van der Waals surface area (Å²) in [5, 5.41) is 7.25. The molecule has 1 aromatic carbocycles. The Kier molecular flexibility index (Phi) is 6.45. The van der Waals surface area contributed by atoms with Crippen molar-refractivity contribution in [2.75, 3.05) is 10.6 Å². The number of nitrogens with two attached hydrogens (primary N) is 1. The number of hydrogen-bond acceptors (Lipinski definition) is 5. The van der Waals surface area contributed by atoms with Crippen LogP contribution in [-0.2, 0) is 6.54 Å². The van der Waals surface area contributed by atoms with E-state index in [1.54, 1.807) is 24.5 Å². The zero-order chi connectivity index (χ0) is 20.9. The van der Waals surface area contributed by atoms with Gasteiger partial charge in [0, 0.05) is 42.1 Å². The maximum absolute atomic E-state index is 13.8. The van der Waals surface area contributed by atoms with Crippen molar-refractivity contribution in [1.82, 2.24) is 9.97 Å². The van der Waals surface area contributed by atoms with Crippen molar-refractivity contribution in [3.8, 4) is 11.1 Å². The van der Waals surface area contributed by atoms with Gasteiger partial charge in [0.15, 0.2) is 0 Å². The zero-order valence-corrected chi connectivity index (χ0v) is 17.4. The fraction of sp³-hybridized carbons (Fsp3) is 0.304. The first kappa shape index (κ1) is 20.6. The molecule has 0 atom stereocenters. The van der Waals surface area contributed by atoms with Crippen LogP contribution < -0.4 is 16.4 Å². The summed E-state index contributed by atoms with van der Waals surface area (Å²) in [6, 6.07) is 13.2. The van der Waals surface area contributed by atoms with E-state index >= 15 is 0 Å². The maximum atomic E-state index is 13.8. The average molecular weight is 426 g/mol. The van der Waals surface area contributed by atoms with Gasteiger partial charge < -0.3 is 16.4 Å². The van der Waals surface area contributed by atoms with Crippen molar-refractivity contribution in [3.05, 3.63) is 71.3 Å². The standard InChI is InChI=1S/C23H25ClFN5/c24-20-14-29-23(30-18-7-5-17(26)6-8-18)12-19(20)15-9-10-27-22(11-15)28-13-16-3-1-2-4-21(16)25/h1-4,9-12,14,17-18H,5-8,13,26H2,(H,27,28)(H,29,30). The van der Waals surface area contributed by atoms with Crippen LogP contribution in [0.25, 0.3) is 11.1 Å². The minimum Gasteiger partial charge on any atom is -0.367 e. The molecule has 0 saturated heterocycles. The molecule has 0 radical (unpaired) electrons. The molecular formula is C23H25ClFN5. The summed E-state index contributed by atoms with van der Waals surface area (Å²) >= 11 is 6.44. The summed E-state index contributed by atoms with van der Waals surface area (Å²) in [4.78, 5) is 8.78. The Balaban J connectivity index is 1.49. The van der Waals surface area contributed by atoms with E-state index < -0.39 is 0 Å². The van der Waals surface area contributed by atoms with Crippen molar-refractivity contribution in [2.45, 2.75) is 44.3 Å². The van der Waals surface area contributed by atoms with Crippen LogP contribution in [0.5, 0.6) is 0 Å². The number of pyridine rings is 2. The topological polar surface area (TPSA) is 75.9 Å². The van der Waals surface area contributed by atoms with Gasteiger partial charge in [-0.3, -0.25) is 0 Å². The predicted molar refractivity (Wildman–Crippen MR) is 120 cm³/mol. The molecule has 1 aliphatic rings. The van der Waals surface area contributed by atoms with Crippen molar-refractivity contribution < 1.29 is 4.39 Å². The number of anilines is 2. The predicted octanol–water partition coefficient (Wildman–Crippen LogP) is 5.23. The second kappa shape index (κ2) is 9.41. The van der Waals surface area contributed by atoms with Gasteiger partial charge in [0.05, 0.1) is 5.02 Å². The summed E-state index contributed by atoms with van der Waals surface area (Å²) in [7, 11) is 0. The van der Waals surface area contributed by atoms with Crippen molar-refractivity contribution >= 4 is 23.2 Å². The monoisotopic (exact) mass is 425 g/mol. The number of benzene rings is 1. The molecule has 7 heteroatoms. The molecule has 5 nitrogen and oxygen atoms in total. The van der Waals surface area contributed by atoms with Gasteiger partial charge >= 0.3 is 0 Å². The molecule has 4 N–H and O–H groups in total. The van der Waals surface area contributed by atoms with Gasteiger partial charge in [-0.15, -0.1) is 0 Å². The van der Waals surface area contributed by atoms with Gasteiger partial charge in [0.25, 0.3) is 0 Å². The third-order valence-corrected chi connectivity index (χ3v) is 5.77. The number of hydrogen-bond donors (Lipinski definition) is 3. The smallest absolute Gasteiger partial charge is 0.128 e. The van der Waals surface area contributed by atoms with Crippen molar-refractivity contribution in [1.29, 1.82) is 0 Å². The largest absolute Gasteiger partial charge is 0.367 e. The molecule has 1 aliphatic carbocycles. The molecule has 4 rings (SSSR count). The maximum Gasteiger partial charge on any atom is 0.128 e. The lowest BCUT2D eigenvalue weighted by Crippen LogP contribution is -2.33. The number of aromatic nitrogens is 2. The van der Waals surface area contributed by atoms with Crippen LogP contribution in [0, 0.1) is 5.82 Å². The Morgan fingerprint density at radius 3 is 2.63 bits per heavy atom. The molecule has 3 aromatic rings. The second-order valence-electron chi connectivity index (χ2n) is 7.68. The van der Waals surface area contributed by atoms with Crippen LogP contribution in [0.4, 0.5) is 16.0 Å². The first-order valence-electron chi connectivity index (χ1n) is 10.2. The highest BCUT2D eigenvalue weighted by molar-refractivity contribution is 6.33. The normalized spacial score (nSPS) is 18.8. The Morgan fingerprint density at radius 2 is 1.83 bits per heavy atom. The van der Waals surface area contributed by atoms with E-state index in [0.29, 0.717) is 35.0 Å². The summed E-state index contributed by atoms with van der Waals surface area (Å²) in [6.45, 7) is 0.351. The summed E-state index contributed by atoms with van der Waals surface area (Å²) in [5.74, 6) is 1.21. The molecule has 1 fully saturated rings. The minimum absolute atomic E-state index is 0.238. The van der Waals surface area contributed by atoms with Gasteiger partial charge in [-0.25, -0.2) is 14.4 Å². The van der Waals surface area contributed by atoms with Crippen LogP contribution >= 0.6 is 11.6 Å². The van der Waals surface area contributed by atoms with Crippen LogP contribution in [-0.4, -0.2) is 22.1 Å². The van der Waals surface area contributed by atoms with Crippen LogP contribution in [0.3, 0.4) is 0 Å². The highest BCUT2D eigenvalue weighted by atomic mass is 35.5. The number of rotatable bonds is 6. The summed E-state index contributed by atoms with van der Waals surface area (Å²) in [5.41, 5.74) is 8.38. The minimum atomic E-state index is -0.238. The Labute approximate surface area is 180 Å². The first-order valence-corrected chi connectivity index (χ1v) is 10.6. The molecule has 1 saturated carbocycles. The lowest BCUT2D eigenvalue weighted by atomic mass is 9.92. The average Bonchev–Trinajstić information content (AvgIpc) is 2.76. The fourth-order valence-corrected chi connectivity index (χ4v) is 3.95. The van der Waals surface area contributed by atoms with Crippen LogP contribution in [0.2, 0.25) is 5.02 Å². The Hall–Kier alpha value is -2.70. The van der Waals surface area contributed by atoms with E-state index in [0.717, 1.165) is 42.6 Å². The van der Waals surface area contributed by atoms with E-state index in [-0.39, 0.29) is 5.82 Å². The van der Waals surface area contributed by atoms with Crippen molar-refractivity contribution in [3.63, 3.8) is 0 Å².